The Kier molecular flexibility index (Phi) is 3.79. The molecule has 3 rings (SSSR count). The number of thiazole rings is 1. The van der Waals surface area contributed by atoms with Crippen LogP contribution in [0.4, 0.5) is 10.8 Å². The van der Waals surface area contributed by atoms with Gasteiger partial charge in [0.2, 0.25) is 0 Å². The van der Waals surface area contributed by atoms with E-state index in [0.29, 0.717) is 5.75 Å². The van der Waals surface area contributed by atoms with E-state index in [1.807, 2.05) is 29.6 Å². The van der Waals surface area contributed by atoms with Gasteiger partial charge in [-0.25, -0.2) is 4.98 Å². The average Bonchev–Trinajstić information content (AvgIpc) is 3.18. The largest absolute Gasteiger partial charge is 0.497 e. The van der Waals surface area contributed by atoms with Crippen LogP contribution < -0.4 is 14.8 Å². The first-order valence-corrected chi connectivity index (χ1v) is 7.15. The first kappa shape index (κ1) is 13.5. The number of anilines is 2. The molecule has 0 amide bonds. The molecule has 108 valence electrons. The SMILES string of the molecule is COc1ccc(Nc2nc(-c3ccoc3)cs2)c(OC)c1. The summed E-state index contributed by atoms with van der Waals surface area (Å²) in [5.74, 6) is 1.45. The van der Waals surface area contributed by atoms with Crippen molar-refractivity contribution in [2.45, 2.75) is 0 Å². The second-order valence-electron chi connectivity index (χ2n) is 4.24. The minimum atomic E-state index is 0.703. The number of methoxy groups -OCH3 is 2. The lowest BCUT2D eigenvalue weighted by Crippen LogP contribution is -1.95. The van der Waals surface area contributed by atoms with Gasteiger partial charge < -0.3 is 19.2 Å². The highest BCUT2D eigenvalue weighted by Crippen LogP contribution is 2.33. The molecule has 21 heavy (non-hydrogen) atoms. The van der Waals surface area contributed by atoms with Crippen LogP contribution in [0.15, 0.2) is 46.6 Å². The zero-order valence-electron chi connectivity index (χ0n) is 11.6. The highest BCUT2D eigenvalue weighted by Gasteiger charge is 2.09. The molecule has 0 saturated heterocycles. The molecule has 0 bridgehead atoms. The van der Waals surface area contributed by atoms with E-state index in [-0.39, 0.29) is 0 Å². The molecular weight excluding hydrogens is 288 g/mol. The van der Waals surface area contributed by atoms with Crippen LogP contribution in [-0.2, 0) is 0 Å². The summed E-state index contributed by atoms with van der Waals surface area (Å²) in [4.78, 5) is 4.53. The Hall–Kier alpha value is -2.47. The van der Waals surface area contributed by atoms with Crippen LogP contribution in [0, 0.1) is 0 Å². The van der Waals surface area contributed by atoms with E-state index in [9.17, 15) is 0 Å². The van der Waals surface area contributed by atoms with Gasteiger partial charge in [0.25, 0.3) is 0 Å². The van der Waals surface area contributed by atoms with Crippen molar-refractivity contribution in [1.82, 2.24) is 4.98 Å². The van der Waals surface area contributed by atoms with E-state index in [2.05, 4.69) is 10.3 Å². The van der Waals surface area contributed by atoms with Gasteiger partial charge in [0.05, 0.1) is 38.1 Å². The van der Waals surface area contributed by atoms with Crippen molar-refractivity contribution in [3.05, 3.63) is 42.2 Å². The number of furan rings is 1. The fraction of sp³-hybridized carbons (Fsp3) is 0.133. The zero-order chi connectivity index (χ0) is 14.7. The molecule has 0 fully saturated rings. The van der Waals surface area contributed by atoms with Crippen LogP contribution in [0.2, 0.25) is 0 Å². The maximum Gasteiger partial charge on any atom is 0.187 e. The van der Waals surface area contributed by atoms with Gasteiger partial charge in [-0.15, -0.1) is 11.3 Å². The van der Waals surface area contributed by atoms with Crippen LogP contribution in [-0.4, -0.2) is 19.2 Å². The molecule has 6 heteroatoms. The number of hydrogen-bond donors (Lipinski definition) is 1. The van der Waals surface area contributed by atoms with E-state index >= 15 is 0 Å². The summed E-state index contributed by atoms with van der Waals surface area (Å²) in [5.41, 5.74) is 2.68. The van der Waals surface area contributed by atoms with Crippen molar-refractivity contribution >= 4 is 22.2 Å². The summed E-state index contributed by atoms with van der Waals surface area (Å²) in [6.45, 7) is 0. The molecule has 1 aromatic carbocycles. The van der Waals surface area contributed by atoms with E-state index in [0.717, 1.165) is 27.8 Å². The molecule has 1 N–H and O–H groups in total. The second kappa shape index (κ2) is 5.88. The maximum atomic E-state index is 5.36. The van der Waals surface area contributed by atoms with Gasteiger partial charge >= 0.3 is 0 Å². The van der Waals surface area contributed by atoms with Crippen LogP contribution in [0.3, 0.4) is 0 Å². The third-order valence-electron chi connectivity index (χ3n) is 2.97. The highest BCUT2D eigenvalue weighted by atomic mass is 32.1. The fourth-order valence-corrected chi connectivity index (χ4v) is 2.62. The number of rotatable bonds is 5. The highest BCUT2D eigenvalue weighted by molar-refractivity contribution is 7.14. The molecule has 0 spiro atoms. The molecule has 2 aromatic heterocycles. The fourth-order valence-electron chi connectivity index (χ4n) is 1.89. The number of nitrogens with one attached hydrogen (secondary N) is 1. The molecule has 0 unspecified atom stereocenters. The predicted molar refractivity (Wildman–Crippen MR) is 82.6 cm³/mol. The van der Waals surface area contributed by atoms with Gasteiger partial charge in [-0.05, 0) is 18.2 Å². The molecule has 0 saturated carbocycles. The minimum absolute atomic E-state index is 0.703. The number of nitrogens with zero attached hydrogens (tertiary/aromatic N) is 1. The van der Waals surface area contributed by atoms with E-state index in [1.165, 1.54) is 11.3 Å². The van der Waals surface area contributed by atoms with Crippen LogP contribution in [0.5, 0.6) is 11.5 Å². The van der Waals surface area contributed by atoms with Gasteiger partial charge in [0, 0.05) is 17.0 Å². The number of ether oxygens (including phenoxy) is 2. The molecule has 0 aliphatic rings. The second-order valence-corrected chi connectivity index (χ2v) is 5.10. The van der Waals surface area contributed by atoms with Crippen molar-refractivity contribution in [3.8, 4) is 22.8 Å². The molecule has 2 heterocycles. The van der Waals surface area contributed by atoms with Gasteiger partial charge in [-0.3, -0.25) is 0 Å². The van der Waals surface area contributed by atoms with E-state index in [4.69, 9.17) is 13.9 Å². The Labute approximate surface area is 126 Å². The normalized spacial score (nSPS) is 10.4. The maximum absolute atomic E-state index is 5.36. The lowest BCUT2D eigenvalue weighted by Gasteiger charge is -2.10. The zero-order valence-corrected chi connectivity index (χ0v) is 12.4. The Morgan fingerprint density at radius 2 is 2.10 bits per heavy atom. The summed E-state index contributed by atoms with van der Waals surface area (Å²) in [6.07, 6.45) is 3.31. The molecule has 0 radical (unpaired) electrons. The minimum Gasteiger partial charge on any atom is -0.497 e. The van der Waals surface area contributed by atoms with Crippen molar-refractivity contribution < 1.29 is 13.9 Å². The van der Waals surface area contributed by atoms with Crippen molar-refractivity contribution in [1.29, 1.82) is 0 Å². The summed E-state index contributed by atoms with van der Waals surface area (Å²) in [5, 5.41) is 6.02. The van der Waals surface area contributed by atoms with E-state index < -0.39 is 0 Å². The molecule has 5 nitrogen and oxygen atoms in total. The topological polar surface area (TPSA) is 56.5 Å². The van der Waals surface area contributed by atoms with Crippen LogP contribution in [0.1, 0.15) is 0 Å². The standard InChI is InChI=1S/C15H14N2O3S/c1-18-11-3-4-12(14(7-11)19-2)16-15-17-13(9-21-15)10-5-6-20-8-10/h3-9H,1-2H3,(H,16,17). The summed E-state index contributed by atoms with van der Waals surface area (Å²) in [7, 11) is 3.25. The first-order chi connectivity index (χ1) is 10.3. The van der Waals surface area contributed by atoms with Gasteiger partial charge in [0.15, 0.2) is 5.13 Å². The third-order valence-corrected chi connectivity index (χ3v) is 3.73. The Morgan fingerprint density at radius 3 is 2.81 bits per heavy atom. The third kappa shape index (κ3) is 2.85. The number of aromatic nitrogens is 1. The van der Waals surface area contributed by atoms with Gasteiger partial charge in [-0.2, -0.15) is 0 Å². The summed E-state index contributed by atoms with van der Waals surface area (Å²) in [6, 6.07) is 7.48. The molecule has 3 aromatic rings. The van der Waals surface area contributed by atoms with Crippen LogP contribution in [0.25, 0.3) is 11.3 Å². The molecule has 0 aliphatic carbocycles. The van der Waals surface area contributed by atoms with Gasteiger partial charge in [0.1, 0.15) is 11.5 Å². The summed E-state index contributed by atoms with van der Waals surface area (Å²) < 4.78 is 15.6. The predicted octanol–water partition coefficient (Wildman–Crippen LogP) is 4.16. The molecule has 0 atom stereocenters. The van der Waals surface area contributed by atoms with Gasteiger partial charge in [-0.1, -0.05) is 0 Å². The van der Waals surface area contributed by atoms with Crippen molar-refractivity contribution in [2.24, 2.45) is 0 Å². The number of benzene rings is 1. The lowest BCUT2D eigenvalue weighted by molar-refractivity contribution is 0.395. The summed E-state index contributed by atoms with van der Waals surface area (Å²) >= 11 is 1.52. The first-order valence-electron chi connectivity index (χ1n) is 6.27. The van der Waals surface area contributed by atoms with Crippen molar-refractivity contribution in [2.75, 3.05) is 19.5 Å². The molecule has 0 aliphatic heterocycles. The smallest absolute Gasteiger partial charge is 0.187 e. The lowest BCUT2D eigenvalue weighted by atomic mass is 10.2. The Bertz CT molecular complexity index is 722. The van der Waals surface area contributed by atoms with Crippen LogP contribution >= 0.6 is 11.3 Å². The van der Waals surface area contributed by atoms with Crippen molar-refractivity contribution in [3.63, 3.8) is 0 Å². The Morgan fingerprint density at radius 1 is 1.19 bits per heavy atom. The Balaban J connectivity index is 1.84. The average molecular weight is 302 g/mol. The van der Waals surface area contributed by atoms with E-state index in [1.54, 1.807) is 26.7 Å². The quantitative estimate of drug-likeness (QED) is 0.766. The monoisotopic (exact) mass is 302 g/mol. The number of hydrogen-bond acceptors (Lipinski definition) is 6. The molecular formula is C15H14N2O3S.